The van der Waals surface area contributed by atoms with Crippen LogP contribution >= 0.6 is 0 Å². The average molecular weight is 173 g/mol. The monoisotopic (exact) mass is 173 g/mol. The van der Waals surface area contributed by atoms with Crippen molar-refractivity contribution in [1.82, 2.24) is 0 Å². The molecule has 0 heterocycles. The molecule has 0 saturated carbocycles. The summed E-state index contributed by atoms with van der Waals surface area (Å²) in [6.07, 6.45) is 1.39. The number of aldehydes is 1. The number of hydrogen-bond acceptors (Lipinski definition) is 2. The van der Waals surface area contributed by atoms with Crippen LogP contribution in [0, 0.1) is 11.8 Å². The molecule has 0 atom stereocenters. The lowest BCUT2D eigenvalue weighted by atomic mass is 10.1. The standard InChI is InChI=1S/C11H11NO/c12-8-7-11-5-2-1-4-10(11)6-3-9-13/h1-2,4-5,9H,7-8,12H2. The summed E-state index contributed by atoms with van der Waals surface area (Å²) in [5, 5.41) is 0. The summed E-state index contributed by atoms with van der Waals surface area (Å²) < 4.78 is 0. The molecule has 66 valence electrons. The molecule has 0 aliphatic rings. The van der Waals surface area contributed by atoms with Gasteiger partial charge in [-0.3, -0.25) is 4.79 Å². The lowest BCUT2D eigenvalue weighted by Gasteiger charge is -2.00. The first-order valence-corrected chi connectivity index (χ1v) is 4.11. The van der Waals surface area contributed by atoms with Crippen molar-refractivity contribution < 1.29 is 4.79 Å². The van der Waals surface area contributed by atoms with E-state index in [-0.39, 0.29) is 0 Å². The van der Waals surface area contributed by atoms with Crippen molar-refractivity contribution in [3.63, 3.8) is 0 Å². The van der Waals surface area contributed by atoms with E-state index in [9.17, 15) is 4.79 Å². The molecular formula is C11H11NO. The predicted octanol–water partition coefficient (Wildman–Crippen LogP) is 0.738. The number of carbonyl (C=O) groups excluding carboxylic acids is 1. The zero-order chi connectivity index (χ0) is 9.52. The first-order valence-electron chi connectivity index (χ1n) is 4.11. The molecule has 1 aromatic rings. The molecule has 1 aromatic carbocycles. The predicted molar refractivity (Wildman–Crippen MR) is 52.1 cm³/mol. The number of rotatable bonds is 2. The first-order chi connectivity index (χ1) is 6.38. The van der Waals surface area contributed by atoms with Crippen LogP contribution in [0.5, 0.6) is 0 Å². The number of benzene rings is 1. The highest BCUT2D eigenvalue weighted by molar-refractivity contribution is 5.74. The third-order valence-corrected chi connectivity index (χ3v) is 1.70. The maximum atomic E-state index is 10.0. The van der Waals surface area contributed by atoms with Crippen molar-refractivity contribution in [2.24, 2.45) is 5.73 Å². The third-order valence-electron chi connectivity index (χ3n) is 1.70. The molecule has 0 aliphatic carbocycles. The Kier molecular flexibility index (Phi) is 3.74. The molecule has 2 N–H and O–H groups in total. The van der Waals surface area contributed by atoms with E-state index in [1.54, 1.807) is 0 Å². The van der Waals surface area contributed by atoms with Crippen molar-refractivity contribution >= 4 is 6.29 Å². The van der Waals surface area contributed by atoms with Gasteiger partial charge in [0.25, 0.3) is 0 Å². The van der Waals surface area contributed by atoms with Crippen LogP contribution in [-0.4, -0.2) is 12.8 Å². The zero-order valence-corrected chi connectivity index (χ0v) is 7.29. The maximum absolute atomic E-state index is 10.0. The highest BCUT2D eigenvalue weighted by Gasteiger charge is 1.96. The Morgan fingerprint density at radius 3 is 2.85 bits per heavy atom. The molecule has 0 aliphatic heterocycles. The Morgan fingerprint density at radius 2 is 2.15 bits per heavy atom. The van der Waals surface area contributed by atoms with Gasteiger partial charge in [-0.2, -0.15) is 0 Å². The first kappa shape index (κ1) is 9.50. The van der Waals surface area contributed by atoms with Gasteiger partial charge in [-0.05, 0) is 30.5 Å². The fraction of sp³-hybridized carbons (Fsp3) is 0.182. The third kappa shape index (κ3) is 2.73. The number of nitrogens with two attached hydrogens (primary N) is 1. The molecule has 1 rings (SSSR count). The van der Waals surface area contributed by atoms with E-state index in [1.807, 2.05) is 24.3 Å². The van der Waals surface area contributed by atoms with Gasteiger partial charge in [0.05, 0.1) is 0 Å². The van der Waals surface area contributed by atoms with E-state index in [1.165, 1.54) is 0 Å². The van der Waals surface area contributed by atoms with Gasteiger partial charge in [0.15, 0.2) is 6.29 Å². The Morgan fingerprint density at radius 1 is 1.38 bits per heavy atom. The van der Waals surface area contributed by atoms with E-state index in [0.29, 0.717) is 12.8 Å². The SMILES string of the molecule is NCCc1ccccc1C#CC=O. The van der Waals surface area contributed by atoms with Crippen LogP contribution in [0.25, 0.3) is 0 Å². The summed E-state index contributed by atoms with van der Waals surface area (Å²) in [5.74, 6) is 5.17. The number of carbonyl (C=O) groups is 1. The lowest BCUT2D eigenvalue weighted by Crippen LogP contribution is -2.03. The molecule has 0 bridgehead atoms. The summed E-state index contributed by atoms with van der Waals surface area (Å²) in [5.41, 5.74) is 7.43. The van der Waals surface area contributed by atoms with Gasteiger partial charge in [-0.25, -0.2) is 0 Å². The molecule has 0 spiro atoms. The normalized spacial score (nSPS) is 8.69. The minimum absolute atomic E-state index is 0.596. The van der Waals surface area contributed by atoms with Gasteiger partial charge in [-0.15, -0.1) is 0 Å². The Balaban J connectivity index is 2.96. The molecule has 0 amide bonds. The second kappa shape index (κ2) is 5.13. The van der Waals surface area contributed by atoms with E-state index in [2.05, 4.69) is 11.8 Å². The summed E-state index contributed by atoms with van der Waals surface area (Å²) >= 11 is 0. The van der Waals surface area contributed by atoms with Crippen molar-refractivity contribution in [1.29, 1.82) is 0 Å². The molecule has 0 unspecified atom stereocenters. The van der Waals surface area contributed by atoms with E-state index >= 15 is 0 Å². The van der Waals surface area contributed by atoms with Gasteiger partial charge < -0.3 is 5.73 Å². The molecule has 2 nitrogen and oxygen atoms in total. The number of hydrogen-bond donors (Lipinski definition) is 1. The second-order valence-corrected chi connectivity index (χ2v) is 2.58. The van der Waals surface area contributed by atoms with Gasteiger partial charge in [0, 0.05) is 5.56 Å². The highest BCUT2D eigenvalue weighted by atomic mass is 16.1. The van der Waals surface area contributed by atoms with E-state index < -0.39 is 0 Å². The molecule has 0 fully saturated rings. The Labute approximate surface area is 77.8 Å². The zero-order valence-electron chi connectivity index (χ0n) is 7.29. The molecule has 0 aromatic heterocycles. The van der Waals surface area contributed by atoms with Crippen molar-refractivity contribution in [3.05, 3.63) is 35.4 Å². The van der Waals surface area contributed by atoms with Gasteiger partial charge in [0.2, 0.25) is 0 Å². The van der Waals surface area contributed by atoms with Crippen LogP contribution in [0.2, 0.25) is 0 Å². The second-order valence-electron chi connectivity index (χ2n) is 2.58. The van der Waals surface area contributed by atoms with E-state index in [4.69, 9.17) is 5.73 Å². The molecule has 0 saturated heterocycles. The van der Waals surface area contributed by atoms with Crippen LogP contribution < -0.4 is 5.73 Å². The maximum Gasteiger partial charge on any atom is 0.193 e. The van der Waals surface area contributed by atoms with Crippen LogP contribution in [0.4, 0.5) is 0 Å². The summed E-state index contributed by atoms with van der Waals surface area (Å²) in [4.78, 5) is 10.0. The molecule has 2 heteroatoms. The smallest absolute Gasteiger partial charge is 0.193 e. The lowest BCUT2D eigenvalue weighted by molar-refractivity contribution is -0.103. The molecule has 13 heavy (non-hydrogen) atoms. The summed E-state index contributed by atoms with van der Waals surface area (Å²) in [6, 6.07) is 7.70. The minimum Gasteiger partial charge on any atom is -0.330 e. The fourth-order valence-electron chi connectivity index (χ4n) is 1.12. The molecular weight excluding hydrogens is 162 g/mol. The molecule has 0 radical (unpaired) electrons. The van der Waals surface area contributed by atoms with Crippen LogP contribution in [-0.2, 0) is 11.2 Å². The topological polar surface area (TPSA) is 43.1 Å². The van der Waals surface area contributed by atoms with Crippen LogP contribution in [0.15, 0.2) is 24.3 Å². The van der Waals surface area contributed by atoms with E-state index in [0.717, 1.165) is 17.5 Å². The highest BCUT2D eigenvalue weighted by Crippen LogP contribution is 2.06. The quantitative estimate of drug-likeness (QED) is 0.529. The minimum atomic E-state index is 0.596. The van der Waals surface area contributed by atoms with Crippen molar-refractivity contribution in [2.75, 3.05) is 6.54 Å². The largest absolute Gasteiger partial charge is 0.330 e. The van der Waals surface area contributed by atoms with Crippen LogP contribution in [0.3, 0.4) is 0 Å². The Bertz CT molecular complexity index is 347. The fourth-order valence-corrected chi connectivity index (χ4v) is 1.12. The average Bonchev–Trinajstić information content (AvgIpc) is 2.17. The van der Waals surface area contributed by atoms with Gasteiger partial charge in [-0.1, -0.05) is 24.1 Å². The van der Waals surface area contributed by atoms with Gasteiger partial charge in [0.1, 0.15) is 0 Å². The Hall–Kier alpha value is -1.59. The van der Waals surface area contributed by atoms with Crippen molar-refractivity contribution in [3.8, 4) is 11.8 Å². The van der Waals surface area contributed by atoms with Crippen molar-refractivity contribution in [2.45, 2.75) is 6.42 Å². The van der Waals surface area contributed by atoms with Gasteiger partial charge >= 0.3 is 0 Å². The van der Waals surface area contributed by atoms with Crippen LogP contribution in [0.1, 0.15) is 11.1 Å². The summed E-state index contributed by atoms with van der Waals surface area (Å²) in [7, 11) is 0. The summed E-state index contributed by atoms with van der Waals surface area (Å²) in [6.45, 7) is 0.597.